The van der Waals surface area contributed by atoms with E-state index in [1.807, 2.05) is 54.3 Å². The van der Waals surface area contributed by atoms with Crippen LogP contribution < -0.4 is 29.2 Å². The zero-order valence-corrected chi connectivity index (χ0v) is 24.1. The van der Waals surface area contributed by atoms with Crippen LogP contribution in [-0.2, 0) is 22.6 Å². The standard InChI is InChI=1S/C31H31N7O6/c1-20-10-28(35-31(34-20)37-7-6-32-17-37)38-9-8-36(30(40)13-21-2-4-24-26(11-21)43-18-41-24)16-23(38)14-29(39)33-15-22-3-5-25-27(12-22)44-19-42-25/h2-7,10-12,17,23H,8-9,13-16,18-19H2,1H3,(H,33,39). The first-order valence-corrected chi connectivity index (χ1v) is 14.4. The summed E-state index contributed by atoms with van der Waals surface area (Å²) in [5, 5.41) is 3.03. The van der Waals surface area contributed by atoms with E-state index in [1.54, 1.807) is 23.3 Å². The van der Waals surface area contributed by atoms with E-state index in [9.17, 15) is 9.59 Å². The van der Waals surface area contributed by atoms with E-state index in [4.69, 9.17) is 23.9 Å². The molecule has 3 aliphatic rings. The van der Waals surface area contributed by atoms with E-state index in [2.05, 4.69) is 20.2 Å². The molecule has 2 amide bonds. The van der Waals surface area contributed by atoms with Gasteiger partial charge < -0.3 is 34.1 Å². The first-order chi connectivity index (χ1) is 21.5. The summed E-state index contributed by atoms with van der Waals surface area (Å²) in [5.74, 6) is 3.71. The Bertz CT molecular complexity index is 1700. The van der Waals surface area contributed by atoms with E-state index in [0.717, 1.165) is 16.8 Å². The molecule has 3 aliphatic heterocycles. The fourth-order valence-corrected chi connectivity index (χ4v) is 5.61. The van der Waals surface area contributed by atoms with Gasteiger partial charge in [-0.15, -0.1) is 0 Å². The van der Waals surface area contributed by atoms with Crippen molar-refractivity contribution < 1.29 is 28.5 Å². The average Bonchev–Trinajstić information content (AvgIpc) is 3.81. The normalized spacial score (nSPS) is 16.7. The third-order valence-electron chi connectivity index (χ3n) is 7.83. The minimum absolute atomic E-state index is 0.0211. The van der Waals surface area contributed by atoms with Crippen molar-refractivity contribution in [3.63, 3.8) is 0 Å². The third kappa shape index (κ3) is 5.80. The van der Waals surface area contributed by atoms with Crippen LogP contribution in [0.5, 0.6) is 23.0 Å². The lowest BCUT2D eigenvalue weighted by Gasteiger charge is -2.42. The zero-order valence-electron chi connectivity index (χ0n) is 24.1. The van der Waals surface area contributed by atoms with Gasteiger partial charge in [0.15, 0.2) is 23.0 Å². The van der Waals surface area contributed by atoms with Crippen LogP contribution in [0, 0.1) is 6.92 Å². The summed E-state index contributed by atoms with van der Waals surface area (Å²) in [4.78, 5) is 44.2. The van der Waals surface area contributed by atoms with Crippen molar-refractivity contribution in [2.45, 2.75) is 32.4 Å². The van der Waals surface area contributed by atoms with E-state index in [1.165, 1.54) is 0 Å². The molecule has 5 heterocycles. The highest BCUT2D eigenvalue weighted by molar-refractivity contribution is 5.80. The number of anilines is 1. The Kier molecular flexibility index (Phi) is 7.34. The molecule has 0 bridgehead atoms. The number of amides is 2. The van der Waals surface area contributed by atoms with Gasteiger partial charge >= 0.3 is 0 Å². The average molecular weight is 598 g/mol. The molecule has 1 unspecified atom stereocenters. The summed E-state index contributed by atoms with van der Waals surface area (Å²) >= 11 is 0. The second kappa shape index (κ2) is 11.7. The minimum Gasteiger partial charge on any atom is -0.454 e. The number of aromatic nitrogens is 4. The molecule has 0 radical (unpaired) electrons. The molecule has 0 spiro atoms. The Morgan fingerprint density at radius 2 is 1.64 bits per heavy atom. The largest absolute Gasteiger partial charge is 0.454 e. The second-order valence-corrected chi connectivity index (χ2v) is 10.9. The fourth-order valence-electron chi connectivity index (χ4n) is 5.61. The number of carbonyl (C=O) groups is 2. The van der Waals surface area contributed by atoms with Gasteiger partial charge in [-0.05, 0) is 42.3 Å². The quantitative estimate of drug-likeness (QED) is 0.323. The van der Waals surface area contributed by atoms with Crippen molar-refractivity contribution in [1.82, 2.24) is 29.7 Å². The van der Waals surface area contributed by atoms with Crippen LogP contribution in [0.25, 0.3) is 5.95 Å². The number of nitrogens with one attached hydrogen (secondary N) is 1. The molecule has 1 atom stereocenters. The first kappa shape index (κ1) is 27.5. The van der Waals surface area contributed by atoms with Crippen molar-refractivity contribution >= 4 is 17.6 Å². The highest BCUT2D eigenvalue weighted by Crippen LogP contribution is 2.34. The molecule has 7 rings (SSSR count). The Morgan fingerprint density at radius 3 is 2.39 bits per heavy atom. The fraction of sp³-hybridized carbons (Fsp3) is 0.323. The minimum atomic E-state index is -0.314. The summed E-state index contributed by atoms with van der Waals surface area (Å²) in [5.41, 5.74) is 2.53. The lowest BCUT2D eigenvalue weighted by atomic mass is 10.1. The van der Waals surface area contributed by atoms with Crippen LogP contribution in [0.15, 0.2) is 61.2 Å². The molecule has 44 heavy (non-hydrogen) atoms. The summed E-state index contributed by atoms with van der Waals surface area (Å²) < 4.78 is 23.5. The van der Waals surface area contributed by atoms with Crippen LogP contribution in [-0.4, -0.2) is 75.5 Å². The predicted molar refractivity (Wildman–Crippen MR) is 157 cm³/mol. The SMILES string of the molecule is Cc1cc(N2CCN(C(=O)Cc3ccc4c(c3)OCO4)CC2CC(=O)NCc2ccc3c(c2)OCO3)nc(-n2ccnc2)n1. The van der Waals surface area contributed by atoms with Crippen molar-refractivity contribution in [3.8, 4) is 28.9 Å². The van der Waals surface area contributed by atoms with Gasteiger partial charge in [-0.25, -0.2) is 9.97 Å². The van der Waals surface area contributed by atoms with Crippen LogP contribution in [0.4, 0.5) is 5.82 Å². The molecule has 0 aliphatic carbocycles. The molecule has 4 aromatic rings. The number of benzene rings is 2. The number of rotatable bonds is 8. The first-order valence-electron chi connectivity index (χ1n) is 14.4. The molecule has 1 fully saturated rings. The highest BCUT2D eigenvalue weighted by Gasteiger charge is 2.32. The number of ether oxygens (including phenoxy) is 4. The number of hydrogen-bond acceptors (Lipinski definition) is 10. The van der Waals surface area contributed by atoms with E-state index < -0.39 is 0 Å². The van der Waals surface area contributed by atoms with Crippen LogP contribution in [0.3, 0.4) is 0 Å². The maximum Gasteiger partial charge on any atom is 0.237 e. The number of hydrogen-bond donors (Lipinski definition) is 1. The zero-order chi connectivity index (χ0) is 30.0. The smallest absolute Gasteiger partial charge is 0.237 e. The number of fused-ring (bicyclic) bond motifs is 2. The number of piperazine rings is 1. The predicted octanol–water partition coefficient (Wildman–Crippen LogP) is 2.39. The number of nitrogens with zero attached hydrogens (tertiary/aromatic N) is 6. The highest BCUT2D eigenvalue weighted by atomic mass is 16.7. The molecular formula is C31H31N7O6. The van der Waals surface area contributed by atoms with Gasteiger partial charge in [-0.3, -0.25) is 14.2 Å². The van der Waals surface area contributed by atoms with Crippen molar-refractivity contribution in [2.75, 3.05) is 38.1 Å². The molecular weight excluding hydrogens is 566 g/mol. The number of aryl methyl sites for hydroxylation is 1. The second-order valence-electron chi connectivity index (χ2n) is 10.9. The summed E-state index contributed by atoms with van der Waals surface area (Å²) in [6.45, 7) is 3.98. The maximum atomic E-state index is 13.5. The van der Waals surface area contributed by atoms with Crippen molar-refractivity contribution in [3.05, 3.63) is 78.0 Å². The van der Waals surface area contributed by atoms with Crippen molar-refractivity contribution in [1.29, 1.82) is 0 Å². The van der Waals surface area contributed by atoms with Gasteiger partial charge in [-0.1, -0.05) is 12.1 Å². The van der Waals surface area contributed by atoms with E-state index >= 15 is 0 Å². The Balaban J connectivity index is 1.08. The molecule has 226 valence electrons. The van der Waals surface area contributed by atoms with Gasteiger partial charge in [0.05, 0.1) is 12.5 Å². The molecule has 1 N–H and O–H groups in total. The van der Waals surface area contributed by atoms with Crippen LogP contribution in [0.2, 0.25) is 0 Å². The van der Waals surface area contributed by atoms with Gasteiger partial charge in [0.1, 0.15) is 12.1 Å². The number of imidazole rings is 1. The lowest BCUT2D eigenvalue weighted by molar-refractivity contribution is -0.132. The topological polar surface area (TPSA) is 133 Å². The Morgan fingerprint density at radius 1 is 0.909 bits per heavy atom. The summed E-state index contributed by atoms with van der Waals surface area (Å²) in [6.07, 6.45) is 5.49. The summed E-state index contributed by atoms with van der Waals surface area (Å²) in [6, 6.07) is 12.7. The molecule has 13 heteroatoms. The van der Waals surface area contributed by atoms with Gasteiger partial charge in [-0.2, -0.15) is 4.98 Å². The molecule has 1 saturated heterocycles. The molecule has 2 aromatic carbocycles. The van der Waals surface area contributed by atoms with Crippen LogP contribution in [0.1, 0.15) is 23.2 Å². The van der Waals surface area contributed by atoms with Gasteiger partial charge in [0, 0.05) is 56.8 Å². The third-order valence-corrected chi connectivity index (χ3v) is 7.83. The van der Waals surface area contributed by atoms with E-state index in [0.29, 0.717) is 60.9 Å². The van der Waals surface area contributed by atoms with Crippen LogP contribution >= 0.6 is 0 Å². The Labute approximate surface area is 253 Å². The van der Waals surface area contributed by atoms with Crippen molar-refractivity contribution in [2.24, 2.45) is 0 Å². The monoisotopic (exact) mass is 597 g/mol. The van der Waals surface area contributed by atoms with Gasteiger partial charge in [0.25, 0.3) is 0 Å². The van der Waals surface area contributed by atoms with Gasteiger partial charge in [0.2, 0.25) is 31.3 Å². The Hall–Kier alpha value is -5.33. The molecule has 2 aromatic heterocycles. The van der Waals surface area contributed by atoms with E-state index in [-0.39, 0.29) is 44.3 Å². The maximum absolute atomic E-state index is 13.5. The molecule has 13 nitrogen and oxygen atoms in total. The molecule has 0 saturated carbocycles. The summed E-state index contributed by atoms with van der Waals surface area (Å²) in [7, 11) is 0. The number of carbonyl (C=O) groups excluding carboxylic acids is 2. The lowest BCUT2D eigenvalue weighted by Crippen LogP contribution is -2.56.